The van der Waals surface area contributed by atoms with Crippen LogP contribution in [0.25, 0.3) is 16.7 Å². The number of carbonyl (C=O) groups excluding carboxylic acids is 2. The normalized spacial score (nSPS) is 18.4. The van der Waals surface area contributed by atoms with Gasteiger partial charge in [0, 0.05) is 44.0 Å². The van der Waals surface area contributed by atoms with Gasteiger partial charge in [-0.05, 0) is 67.9 Å². The summed E-state index contributed by atoms with van der Waals surface area (Å²) < 4.78 is 15.7. The van der Waals surface area contributed by atoms with Crippen LogP contribution in [-0.2, 0) is 11.3 Å². The Morgan fingerprint density at radius 3 is 2.28 bits per heavy atom. The van der Waals surface area contributed by atoms with Gasteiger partial charge in [-0.15, -0.1) is 0 Å². The van der Waals surface area contributed by atoms with E-state index in [0.717, 1.165) is 41.9 Å². The van der Waals surface area contributed by atoms with Crippen molar-refractivity contribution < 1.29 is 14.0 Å². The molecule has 0 aliphatic carbocycles. The molecule has 0 bridgehead atoms. The van der Waals surface area contributed by atoms with Gasteiger partial charge in [-0.2, -0.15) is 0 Å². The first-order valence-corrected chi connectivity index (χ1v) is 13.6. The highest BCUT2D eigenvalue weighted by molar-refractivity contribution is 5.94. The first-order chi connectivity index (χ1) is 19.1. The quantitative estimate of drug-likeness (QED) is 0.389. The number of hydrogen-bond donors (Lipinski definition) is 0. The number of para-hydroxylation sites is 2. The van der Waals surface area contributed by atoms with E-state index in [2.05, 4.69) is 9.47 Å². The number of aromatic nitrogens is 2. The van der Waals surface area contributed by atoms with Gasteiger partial charge in [-0.25, -0.2) is 9.37 Å². The van der Waals surface area contributed by atoms with Crippen molar-refractivity contribution in [3.05, 3.63) is 96.1 Å². The van der Waals surface area contributed by atoms with Gasteiger partial charge in [0.25, 0.3) is 5.91 Å². The zero-order chi connectivity index (χ0) is 26.8. The van der Waals surface area contributed by atoms with E-state index in [-0.39, 0.29) is 23.5 Å². The van der Waals surface area contributed by atoms with Crippen LogP contribution in [0.15, 0.2) is 78.9 Å². The molecule has 2 saturated heterocycles. The van der Waals surface area contributed by atoms with Crippen molar-refractivity contribution in [2.45, 2.75) is 19.4 Å². The van der Waals surface area contributed by atoms with E-state index in [9.17, 15) is 14.0 Å². The predicted octanol–water partition coefficient (Wildman–Crippen LogP) is 4.36. The van der Waals surface area contributed by atoms with E-state index in [1.165, 1.54) is 12.1 Å². The lowest BCUT2D eigenvalue weighted by atomic mass is 9.96. The fourth-order valence-electron chi connectivity index (χ4n) is 5.81. The number of piperazine rings is 1. The van der Waals surface area contributed by atoms with E-state index in [0.29, 0.717) is 44.8 Å². The summed E-state index contributed by atoms with van der Waals surface area (Å²) in [5.74, 6) is 0.740. The van der Waals surface area contributed by atoms with Crippen molar-refractivity contribution in [3.63, 3.8) is 0 Å². The lowest BCUT2D eigenvalue weighted by Gasteiger charge is -2.39. The Bertz CT molecular complexity index is 1460. The van der Waals surface area contributed by atoms with Crippen molar-refractivity contribution in [2.24, 2.45) is 5.92 Å². The molecule has 0 spiro atoms. The number of rotatable bonds is 5. The van der Waals surface area contributed by atoms with Crippen LogP contribution in [0.3, 0.4) is 0 Å². The van der Waals surface area contributed by atoms with Gasteiger partial charge in [-0.1, -0.05) is 30.3 Å². The zero-order valence-corrected chi connectivity index (χ0v) is 21.9. The number of piperidine rings is 1. The fraction of sp³-hybridized carbons (Fsp3) is 0.323. The van der Waals surface area contributed by atoms with E-state index in [4.69, 9.17) is 4.98 Å². The predicted molar refractivity (Wildman–Crippen MR) is 148 cm³/mol. The first-order valence-electron chi connectivity index (χ1n) is 13.6. The second-order valence-corrected chi connectivity index (χ2v) is 10.4. The van der Waals surface area contributed by atoms with Crippen LogP contribution < -0.4 is 0 Å². The summed E-state index contributed by atoms with van der Waals surface area (Å²) in [5.41, 5.74) is 3.43. The molecule has 2 fully saturated rings. The molecule has 0 radical (unpaired) electrons. The maximum atomic E-state index is 13.6. The van der Waals surface area contributed by atoms with Crippen LogP contribution in [-0.4, -0.2) is 75.3 Å². The molecule has 3 heterocycles. The summed E-state index contributed by atoms with van der Waals surface area (Å²) >= 11 is 0. The van der Waals surface area contributed by atoms with Crippen molar-refractivity contribution >= 4 is 22.8 Å². The molecule has 2 amide bonds. The standard InChI is InChI=1S/C31H32FN5O2/c32-25-12-14-26(15-13-25)37-28-11-5-4-10-27(28)33-29(37)22-34-16-6-9-24(21-34)31(39)36-19-17-35(18-20-36)30(38)23-7-2-1-3-8-23/h1-5,7-8,10-15,24H,6,9,16-22H2/t24-/m0/s1. The third kappa shape index (κ3) is 5.29. The smallest absolute Gasteiger partial charge is 0.253 e. The Balaban J connectivity index is 1.12. The van der Waals surface area contributed by atoms with Crippen LogP contribution in [0.1, 0.15) is 29.0 Å². The van der Waals surface area contributed by atoms with Crippen LogP contribution in [0, 0.1) is 11.7 Å². The van der Waals surface area contributed by atoms with Gasteiger partial charge < -0.3 is 9.80 Å². The Kier molecular flexibility index (Phi) is 7.11. The minimum atomic E-state index is -0.271. The number of hydrogen-bond acceptors (Lipinski definition) is 4. The molecule has 1 aromatic heterocycles. The molecular formula is C31H32FN5O2. The average Bonchev–Trinajstić information content (AvgIpc) is 3.35. The van der Waals surface area contributed by atoms with E-state index >= 15 is 0 Å². The van der Waals surface area contributed by atoms with E-state index < -0.39 is 0 Å². The van der Waals surface area contributed by atoms with Gasteiger partial charge in [0.2, 0.25) is 5.91 Å². The fourth-order valence-corrected chi connectivity index (χ4v) is 5.81. The lowest BCUT2D eigenvalue weighted by molar-refractivity contribution is -0.139. The number of halogens is 1. The number of carbonyl (C=O) groups is 2. The average molecular weight is 526 g/mol. The summed E-state index contributed by atoms with van der Waals surface area (Å²) in [5, 5.41) is 0. The van der Waals surface area contributed by atoms with Gasteiger partial charge in [0.1, 0.15) is 11.6 Å². The summed E-state index contributed by atoms with van der Waals surface area (Å²) in [4.78, 5) is 37.3. The Hall–Kier alpha value is -4.04. The highest BCUT2D eigenvalue weighted by Crippen LogP contribution is 2.26. The second kappa shape index (κ2) is 11.0. The molecule has 0 saturated carbocycles. The summed E-state index contributed by atoms with van der Waals surface area (Å²) in [6.45, 7) is 4.41. The maximum absolute atomic E-state index is 13.6. The van der Waals surface area contributed by atoms with Gasteiger partial charge in [0.15, 0.2) is 0 Å². The maximum Gasteiger partial charge on any atom is 0.253 e. The van der Waals surface area contributed by atoms with Gasteiger partial charge >= 0.3 is 0 Å². The van der Waals surface area contributed by atoms with Gasteiger partial charge in [0.05, 0.1) is 23.5 Å². The molecular weight excluding hydrogens is 493 g/mol. The SMILES string of the molecule is O=C(c1ccccc1)N1CCN(C(=O)[C@H]2CCCN(Cc3nc4ccccc4n3-c3ccc(F)cc3)C2)CC1. The molecule has 0 N–H and O–H groups in total. The van der Waals surface area contributed by atoms with E-state index in [1.807, 2.05) is 64.4 Å². The minimum absolute atomic E-state index is 0.0237. The largest absolute Gasteiger partial charge is 0.339 e. The monoisotopic (exact) mass is 525 g/mol. The molecule has 8 heteroatoms. The van der Waals surface area contributed by atoms with Crippen molar-refractivity contribution in [1.82, 2.24) is 24.3 Å². The number of imidazole rings is 1. The van der Waals surface area contributed by atoms with Crippen molar-refractivity contribution in [2.75, 3.05) is 39.3 Å². The van der Waals surface area contributed by atoms with Crippen LogP contribution in [0.2, 0.25) is 0 Å². The zero-order valence-electron chi connectivity index (χ0n) is 21.9. The molecule has 200 valence electrons. The molecule has 4 aromatic rings. The number of nitrogens with zero attached hydrogens (tertiary/aromatic N) is 5. The van der Waals surface area contributed by atoms with Crippen LogP contribution in [0.4, 0.5) is 4.39 Å². The van der Waals surface area contributed by atoms with Crippen molar-refractivity contribution in [3.8, 4) is 5.69 Å². The summed E-state index contributed by atoms with van der Waals surface area (Å²) in [7, 11) is 0. The second-order valence-electron chi connectivity index (χ2n) is 10.4. The number of benzene rings is 3. The number of likely N-dealkylation sites (tertiary alicyclic amines) is 1. The molecule has 6 rings (SSSR count). The topological polar surface area (TPSA) is 61.7 Å². The Morgan fingerprint density at radius 1 is 0.821 bits per heavy atom. The van der Waals surface area contributed by atoms with Crippen molar-refractivity contribution in [1.29, 1.82) is 0 Å². The third-order valence-corrected chi connectivity index (χ3v) is 7.83. The van der Waals surface area contributed by atoms with Gasteiger partial charge in [-0.3, -0.25) is 19.1 Å². The lowest BCUT2D eigenvalue weighted by Crippen LogP contribution is -2.53. The third-order valence-electron chi connectivity index (χ3n) is 7.83. The first kappa shape index (κ1) is 25.2. The van der Waals surface area contributed by atoms with Crippen LogP contribution >= 0.6 is 0 Å². The number of amides is 2. The molecule has 2 aliphatic heterocycles. The summed E-state index contributed by atoms with van der Waals surface area (Å²) in [6, 6.07) is 23.8. The van der Waals surface area contributed by atoms with Crippen LogP contribution in [0.5, 0.6) is 0 Å². The number of fused-ring (bicyclic) bond motifs is 1. The molecule has 2 aliphatic rings. The minimum Gasteiger partial charge on any atom is -0.339 e. The molecule has 7 nitrogen and oxygen atoms in total. The Labute approximate surface area is 227 Å². The highest BCUT2D eigenvalue weighted by atomic mass is 19.1. The Morgan fingerprint density at radius 2 is 1.51 bits per heavy atom. The molecule has 3 aromatic carbocycles. The molecule has 0 unspecified atom stereocenters. The molecule has 39 heavy (non-hydrogen) atoms. The van der Waals surface area contributed by atoms with E-state index in [1.54, 1.807) is 12.1 Å². The molecule has 1 atom stereocenters. The highest BCUT2D eigenvalue weighted by Gasteiger charge is 2.32. The summed E-state index contributed by atoms with van der Waals surface area (Å²) in [6.07, 6.45) is 1.81.